The quantitative estimate of drug-likeness (QED) is 0.453. The fraction of sp³-hybridized carbons (Fsp3) is 0.292. The first-order valence-electron chi connectivity index (χ1n) is 10.3. The van der Waals surface area contributed by atoms with E-state index in [0.717, 1.165) is 11.6 Å². The molecule has 0 bridgehead atoms. The van der Waals surface area contributed by atoms with Gasteiger partial charge in [-0.25, -0.2) is 10.0 Å². The van der Waals surface area contributed by atoms with Gasteiger partial charge in [0.1, 0.15) is 6.04 Å². The number of aromatic nitrogens is 1. The van der Waals surface area contributed by atoms with Gasteiger partial charge < -0.3 is 25.0 Å². The number of nitrogens with zero attached hydrogens (tertiary/aromatic N) is 1. The van der Waals surface area contributed by atoms with Crippen molar-refractivity contribution in [2.45, 2.75) is 24.0 Å². The van der Waals surface area contributed by atoms with Crippen LogP contribution in [0.15, 0.2) is 64.0 Å². The van der Waals surface area contributed by atoms with Gasteiger partial charge in [-0.05, 0) is 71.1 Å². The minimum atomic E-state index is -1.01. The van der Waals surface area contributed by atoms with Crippen molar-refractivity contribution in [3.05, 3.63) is 71.5 Å². The molecule has 176 valence electrons. The Balaban J connectivity index is 1.85. The van der Waals surface area contributed by atoms with Crippen molar-refractivity contribution in [2.24, 2.45) is 0 Å². The molecule has 0 radical (unpaired) electrons. The van der Waals surface area contributed by atoms with Crippen LogP contribution in [-0.2, 0) is 9.53 Å². The molecule has 8 nitrogen and oxygen atoms in total. The van der Waals surface area contributed by atoms with Crippen LogP contribution in [-0.4, -0.2) is 48.0 Å². The maximum atomic E-state index is 13.2. The monoisotopic (exact) mass is 471 g/mol. The van der Waals surface area contributed by atoms with Gasteiger partial charge >= 0.3 is 0 Å². The first-order valence-corrected chi connectivity index (χ1v) is 13.1. The summed E-state index contributed by atoms with van der Waals surface area (Å²) >= 11 is 0. The number of amides is 2. The van der Waals surface area contributed by atoms with E-state index in [1.165, 1.54) is 4.90 Å². The molecule has 9 heteroatoms. The molecule has 2 amide bonds. The molecule has 0 aliphatic rings. The Bertz CT molecular complexity index is 1100. The molecule has 0 saturated heterocycles. The maximum absolute atomic E-state index is 13.2. The number of benzene rings is 2. The lowest BCUT2D eigenvalue weighted by atomic mass is 10.0. The van der Waals surface area contributed by atoms with Gasteiger partial charge in [0.25, 0.3) is 17.7 Å². The van der Waals surface area contributed by atoms with Crippen LogP contribution in [0.1, 0.15) is 40.8 Å². The predicted octanol–water partition coefficient (Wildman–Crippen LogP) is 4.25. The summed E-state index contributed by atoms with van der Waals surface area (Å²) in [4.78, 5) is 27.0. The summed E-state index contributed by atoms with van der Waals surface area (Å²) in [5, 5.41) is 18.2. The van der Waals surface area contributed by atoms with Crippen LogP contribution >= 0.6 is 10.0 Å². The number of carbonyl (C=O) groups is 2. The number of anilines is 1. The van der Waals surface area contributed by atoms with Gasteiger partial charge in [0.15, 0.2) is 0 Å². The minimum absolute atomic E-state index is 0.110. The van der Waals surface area contributed by atoms with Gasteiger partial charge in [-0.15, -0.1) is 0 Å². The second-order valence-electron chi connectivity index (χ2n) is 8.35. The highest BCUT2D eigenvalue weighted by molar-refractivity contribution is 8.32. The first-order chi connectivity index (χ1) is 15.6. The molecule has 3 aromatic rings. The molecule has 2 unspecified atom stereocenters. The molecule has 3 N–H and O–H groups in total. The second kappa shape index (κ2) is 10.1. The first kappa shape index (κ1) is 24.3. The average molecular weight is 472 g/mol. The van der Waals surface area contributed by atoms with Crippen molar-refractivity contribution >= 4 is 27.5 Å². The largest absolute Gasteiger partial charge is 0.491 e. The van der Waals surface area contributed by atoms with E-state index in [-0.39, 0.29) is 11.9 Å². The Kier molecular flexibility index (Phi) is 7.45. The van der Waals surface area contributed by atoms with Crippen molar-refractivity contribution in [2.75, 3.05) is 31.2 Å². The lowest BCUT2D eigenvalue weighted by molar-refractivity contribution is -0.118. The Morgan fingerprint density at radius 2 is 1.64 bits per heavy atom. The molecule has 0 fully saturated rings. The smallest absolute Gasteiger partial charge is 0.290 e. The third-order valence-electron chi connectivity index (χ3n) is 5.18. The van der Waals surface area contributed by atoms with Crippen LogP contribution < -0.4 is 10.6 Å². The lowest BCUT2D eigenvalue weighted by Gasteiger charge is -2.26. The molecule has 1 heterocycles. The van der Waals surface area contributed by atoms with Crippen LogP contribution in [0.2, 0.25) is 0 Å². The fourth-order valence-electron chi connectivity index (χ4n) is 3.13. The number of carbonyl (C=O) groups excluding carboxylic acids is 2. The van der Waals surface area contributed by atoms with E-state index in [9.17, 15) is 14.7 Å². The highest BCUT2D eigenvalue weighted by Gasteiger charge is 2.26. The molecular weight excluding hydrogens is 442 g/mol. The third kappa shape index (κ3) is 6.15. The number of hydrogen-bond acceptors (Lipinski definition) is 6. The number of hydrogen-bond donors (Lipinski definition) is 3. The molecule has 33 heavy (non-hydrogen) atoms. The third-order valence-corrected chi connectivity index (χ3v) is 6.87. The van der Waals surface area contributed by atoms with Gasteiger partial charge in [-0.1, -0.05) is 24.3 Å². The molecule has 0 saturated carbocycles. The summed E-state index contributed by atoms with van der Waals surface area (Å²) in [5.41, 5.74) is 2.13. The number of methoxy groups -OCH3 is 1. The summed E-state index contributed by atoms with van der Waals surface area (Å²) < 4.78 is 10.1. The van der Waals surface area contributed by atoms with E-state index in [4.69, 9.17) is 9.26 Å². The van der Waals surface area contributed by atoms with Gasteiger partial charge in [0.2, 0.25) is 5.76 Å². The van der Waals surface area contributed by atoms with Crippen LogP contribution in [0.5, 0.6) is 5.88 Å². The van der Waals surface area contributed by atoms with Crippen LogP contribution in [0.4, 0.5) is 5.69 Å². The second-order valence-corrected chi connectivity index (χ2v) is 12.5. The Morgan fingerprint density at radius 3 is 2.15 bits per heavy atom. The highest BCUT2D eigenvalue weighted by Crippen LogP contribution is 2.45. The standard InChI is InChI=1S/C24H29N3O5S/c1-15(31-2)16-6-8-17(9-7-16)22(26-23(29)20-14-21(28)27-32-20)24(30)25-18-10-12-19(13-11-18)33(3,4)5/h6-15,22H,1-5H3,(H,25,30)(H,26,29)(H,27,28). The molecule has 0 aliphatic carbocycles. The van der Waals surface area contributed by atoms with E-state index in [1.807, 2.05) is 43.3 Å². The molecular formula is C24H29N3O5S. The zero-order valence-electron chi connectivity index (χ0n) is 19.3. The molecule has 3 rings (SSSR count). The number of aromatic hydroxyl groups is 1. The average Bonchev–Trinajstić information content (AvgIpc) is 3.23. The summed E-state index contributed by atoms with van der Waals surface area (Å²) in [6, 6.07) is 15.0. The van der Waals surface area contributed by atoms with E-state index in [1.54, 1.807) is 19.2 Å². The fourth-order valence-corrected chi connectivity index (χ4v) is 4.08. The van der Waals surface area contributed by atoms with Crippen molar-refractivity contribution in [3.63, 3.8) is 0 Å². The molecule has 1 aromatic heterocycles. The van der Waals surface area contributed by atoms with Crippen molar-refractivity contribution in [3.8, 4) is 5.88 Å². The normalized spacial score (nSPS) is 13.7. The van der Waals surface area contributed by atoms with E-state index in [0.29, 0.717) is 11.3 Å². The summed E-state index contributed by atoms with van der Waals surface area (Å²) in [7, 11) is 0.737. The van der Waals surface area contributed by atoms with Gasteiger partial charge in [-0.2, -0.15) is 0 Å². The van der Waals surface area contributed by atoms with E-state index < -0.39 is 33.8 Å². The molecule has 0 spiro atoms. The number of rotatable bonds is 8. The van der Waals surface area contributed by atoms with Crippen LogP contribution in [0, 0.1) is 0 Å². The molecule has 2 atom stereocenters. The summed E-state index contributed by atoms with van der Waals surface area (Å²) in [5.74, 6) is -1.72. The maximum Gasteiger partial charge on any atom is 0.290 e. The minimum Gasteiger partial charge on any atom is -0.491 e. The zero-order chi connectivity index (χ0) is 24.2. The zero-order valence-corrected chi connectivity index (χ0v) is 20.1. The van der Waals surface area contributed by atoms with Gasteiger partial charge in [-0.3, -0.25) is 9.59 Å². The Morgan fingerprint density at radius 1 is 1.03 bits per heavy atom. The summed E-state index contributed by atoms with van der Waals surface area (Å²) in [6.45, 7) is 1.92. The Labute approximate surface area is 194 Å². The highest BCUT2D eigenvalue weighted by atomic mass is 32.3. The SMILES string of the molecule is COC(C)c1ccc(C(NC(=O)c2cc(O)no2)C(=O)Nc2ccc(S(C)(C)C)cc2)cc1. The van der Waals surface area contributed by atoms with Crippen LogP contribution in [0.3, 0.4) is 0 Å². The molecule has 0 aliphatic heterocycles. The van der Waals surface area contributed by atoms with Crippen molar-refractivity contribution < 1.29 is 24.0 Å². The summed E-state index contributed by atoms with van der Waals surface area (Å²) in [6.07, 6.45) is 6.48. The van der Waals surface area contributed by atoms with Gasteiger partial charge in [0.05, 0.1) is 12.2 Å². The van der Waals surface area contributed by atoms with Crippen molar-refractivity contribution in [1.29, 1.82) is 0 Å². The number of nitrogens with one attached hydrogen (secondary N) is 2. The topological polar surface area (TPSA) is 114 Å². The van der Waals surface area contributed by atoms with E-state index >= 15 is 0 Å². The van der Waals surface area contributed by atoms with Crippen molar-refractivity contribution in [1.82, 2.24) is 10.5 Å². The number of ether oxygens (including phenoxy) is 1. The van der Waals surface area contributed by atoms with E-state index in [2.05, 4.69) is 34.6 Å². The Hall–Kier alpha value is -3.30. The molecule has 2 aromatic carbocycles. The van der Waals surface area contributed by atoms with Gasteiger partial charge in [0, 0.05) is 12.8 Å². The van der Waals surface area contributed by atoms with Crippen LogP contribution in [0.25, 0.3) is 0 Å². The lowest BCUT2D eigenvalue weighted by Crippen LogP contribution is -2.37. The predicted molar refractivity (Wildman–Crippen MR) is 129 cm³/mol.